The number of carbonyl (C=O) groups excluding carboxylic acids is 1. The fourth-order valence-corrected chi connectivity index (χ4v) is 1.08. The molecule has 0 unspecified atom stereocenters. The first kappa shape index (κ1) is 11.2. The molecule has 0 aliphatic heterocycles. The number of hydrogen-bond acceptors (Lipinski definition) is 5. The Morgan fingerprint density at radius 2 is 2.07 bits per heavy atom. The lowest BCUT2D eigenvalue weighted by Crippen LogP contribution is -2.08. The maximum Gasteiger partial charge on any atom is 0.337 e. The second-order valence-electron chi connectivity index (χ2n) is 2.79. The van der Waals surface area contributed by atoms with Crippen molar-refractivity contribution in [3.8, 4) is 0 Å². The fraction of sp³-hybridized carbons (Fsp3) is 0.300. The zero-order valence-corrected chi connectivity index (χ0v) is 8.64. The van der Waals surface area contributed by atoms with E-state index in [0.717, 1.165) is 5.56 Å². The van der Waals surface area contributed by atoms with Crippen LogP contribution in [0.15, 0.2) is 30.6 Å². The molecule has 0 spiro atoms. The Labute approximate surface area is 87.8 Å². The first-order valence-electron chi connectivity index (χ1n) is 4.32. The predicted octanol–water partition coefficient (Wildman–Crippen LogP) is 0.722. The highest BCUT2D eigenvalue weighted by Gasteiger charge is 2.11. The van der Waals surface area contributed by atoms with Crippen LogP contribution in [0, 0.1) is 0 Å². The minimum absolute atomic E-state index is 0.390. The van der Waals surface area contributed by atoms with Crippen molar-refractivity contribution < 1.29 is 14.3 Å². The Balaban J connectivity index is 2.76. The molecule has 80 valence electrons. The van der Waals surface area contributed by atoms with Gasteiger partial charge in [0.15, 0.2) is 0 Å². The van der Waals surface area contributed by atoms with Crippen LogP contribution in [0.25, 0.3) is 0 Å². The standard InChI is InChI=1S/C10H12N2O3/c1-14-6-9(10(13)15-2)3-8-4-11-7-12-5-8/h4-7H,3H2,1-2H3/b9-6-. The summed E-state index contributed by atoms with van der Waals surface area (Å²) in [7, 11) is 2.80. The van der Waals surface area contributed by atoms with Crippen molar-refractivity contribution >= 4 is 5.97 Å². The van der Waals surface area contributed by atoms with E-state index in [1.54, 1.807) is 12.4 Å². The van der Waals surface area contributed by atoms with E-state index in [1.165, 1.54) is 26.8 Å². The van der Waals surface area contributed by atoms with Gasteiger partial charge in [0.2, 0.25) is 0 Å². The largest absolute Gasteiger partial charge is 0.504 e. The molecule has 0 aliphatic rings. The van der Waals surface area contributed by atoms with Crippen LogP contribution < -0.4 is 0 Å². The van der Waals surface area contributed by atoms with Gasteiger partial charge in [0.25, 0.3) is 0 Å². The molecule has 1 heterocycles. The lowest BCUT2D eigenvalue weighted by Gasteiger charge is -2.04. The molecule has 1 aromatic rings. The fourth-order valence-electron chi connectivity index (χ4n) is 1.08. The molecule has 5 nitrogen and oxygen atoms in total. The van der Waals surface area contributed by atoms with Gasteiger partial charge in [0.05, 0.1) is 26.1 Å². The summed E-state index contributed by atoms with van der Waals surface area (Å²) in [5.74, 6) is -0.416. The van der Waals surface area contributed by atoms with E-state index in [4.69, 9.17) is 4.74 Å². The van der Waals surface area contributed by atoms with Crippen molar-refractivity contribution in [2.24, 2.45) is 0 Å². The zero-order chi connectivity index (χ0) is 11.1. The van der Waals surface area contributed by atoms with E-state index >= 15 is 0 Å². The highest BCUT2D eigenvalue weighted by Crippen LogP contribution is 2.07. The maximum absolute atomic E-state index is 11.3. The van der Waals surface area contributed by atoms with Gasteiger partial charge in [-0.05, 0) is 5.56 Å². The third-order valence-electron chi connectivity index (χ3n) is 1.72. The molecule has 15 heavy (non-hydrogen) atoms. The number of methoxy groups -OCH3 is 2. The van der Waals surface area contributed by atoms with Crippen molar-refractivity contribution in [3.05, 3.63) is 36.1 Å². The van der Waals surface area contributed by atoms with E-state index in [0.29, 0.717) is 12.0 Å². The molecule has 1 aromatic heterocycles. The molecule has 0 bridgehead atoms. The van der Waals surface area contributed by atoms with Crippen LogP contribution in [-0.2, 0) is 20.7 Å². The molecule has 1 rings (SSSR count). The van der Waals surface area contributed by atoms with Gasteiger partial charge in [-0.25, -0.2) is 14.8 Å². The van der Waals surface area contributed by atoms with Crippen LogP contribution in [-0.4, -0.2) is 30.2 Å². The Morgan fingerprint density at radius 3 is 2.60 bits per heavy atom. The number of aromatic nitrogens is 2. The van der Waals surface area contributed by atoms with E-state index in [2.05, 4.69) is 14.7 Å². The lowest BCUT2D eigenvalue weighted by atomic mass is 10.1. The first-order valence-corrected chi connectivity index (χ1v) is 4.32. The molecule has 5 heteroatoms. The van der Waals surface area contributed by atoms with Gasteiger partial charge in [0.1, 0.15) is 6.33 Å². The van der Waals surface area contributed by atoms with Crippen LogP contribution in [0.4, 0.5) is 0 Å². The quantitative estimate of drug-likeness (QED) is 0.414. The van der Waals surface area contributed by atoms with Crippen LogP contribution in [0.5, 0.6) is 0 Å². The molecule has 0 saturated heterocycles. The summed E-state index contributed by atoms with van der Waals surface area (Å²) >= 11 is 0. The summed E-state index contributed by atoms with van der Waals surface area (Å²) in [6.45, 7) is 0. The minimum Gasteiger partial charge on any atom is -0.504 e. The van der Waals surface area contributed by atoms with Crippen LogP contribution in [0.2, 0.25) is 0 Å². The van der Waals surface area contributed by atoms with E-state index in [-0.39, 0.29) is 0 Å². The molecule has 0 saturated carbocycles. The van der Waals surface area contributed by atoms with Gasteiger partial charge in [-0.1, -0.05) is 0 Å². The zero-order valence-electron chi connectivity index (χ0n) is 8.64. The number of esters is 1. The SMILES string of the molecule is CO/C=C(/Cc1cncnc1)C(=O)OC. The summed E-state index contributed by atoms with van der Waals surface area (Å²) in [6.07, 6.45) is 6.46. The number of hydrogen-bond donors (Lipinski definition) is 0. The molecule has 0 amide bonds. The van der Waals surface area contributed by atoms with Gasteiger partial charge in [-0.2, -0.15) is 0 Å². The van der Waals surface area contributed by atoms with Crippen molar-refractivity contribution in [1.82, 2.24) is 9.97 Å². The molecule has 0 aliphatic carbocycles. The van der Waals surface area contributed by atoms with Gasteiger partial charge in [-0.3, -0.25) is 0 Å². The van der Waals surface area contributed by atoms with Crippen molar-refractivity contribution in [1.29, 1.82) is 0 Å². The van der Waals surface area contributed by atoms with Crippen LogP contribution in [0.3, 0.4) is 0 Å². The minimum atomic E-state index is -0.416. The van der Waals surface area contributed by atoms with E-state index in [1.807, 2.05) is 0 Å². The van der Waals surface area contributed by atoms with Crippen LogP contribution >= 0.6 is 0 Å². The molecular formula is C10H12N2O3. The maximum atomic E-state index is 11.3. The van der Waals surface area contributed by atoms with Gasteiger partial charge in [0, 0.05) is 18.8 Å². The third-order valence-corrected chi connectivity index (χ3v) is 1.72. The Morgan fingerprint density at radius 1 is 1.40 bits per heavy atom. The highest BCUT2D eigenvalue weighted by molar-refractivity contribution is 5.88. The third kappa shape index (κ3) is 3.38. The molecule has 0 radical (unpaired) electrons. The summed E-state index contributed by atoms with van der Waals surface area (Å²) in [5, 5.41) is 0. The smallest absolute Gasteiger partial charge is 0.337 e. The monoisotopic (exact) mass is 208 g/mol. The molecular weight excluding hydrogens is 196 g/mol. The number of rotatable bonds is 4. The van der Waals surface area contributed by atoms with Gasteiger partial charge >= 0.3 is 5.97 Å². The topological polar surface area (TPSA) is 61.3 Å². The highest BCUT2D eigenvalue weighted by atomic mass is 16.5. The van der Waals surface area contributed by atoms with Crippen molar-refractivity contribution in [3.63, 3.8) is 0 Å². The van der Waals surface area contributed by atoms with Gasteiger partial charge < -0.3 is 9.47 Å². The Bertz CT molecular complexity index is 349. The summed E-state index contributed by atoms with van der Waals surface area (Å²) in [6, 6.07) is 0. The number of carbonyl (C=O) groups is 1. The van der Waals surface area contributed by atoms with Gasteiger partial charge in [-0.15, -0.1) is 0 Å². The first-order chi connectivity index (χ1) is 7.27. The summed E-state index contributed by atoms with van der Waals surface area (Å²) < 4.78 is 9.40. The molecule has 0 aromatic carbocycles. The number of ether oxygens (including phenoxy) is 2. The molecule has 0 N–H and O–H groups in total. The summed E-state index contributed by atoms with van der Waals surface area (Å²) in [4.78, 5) is 19.0. The average Bonchev–Trinajstić information content (AvgIpc) is 2.29. The van der Waals surface area contributed by atoms with E-state index in [9.17, 15) is 4.79 Å². The average molecular weight is 208 g/mol. The molecule has 0 atom stereocenters. The lowest BCUT2D eigenvalue weighted by molar-refractivity contribution is -0.136. The van der Waals surface area contributed by atoms with Crippen molar-refractivity contribution in [2.75, 3.05) is 14.2 Å². The van der Waals surface area contributed by atoms with Crippen molar-refractivity contribution in [2.45, 2.75) is 6.42 Å². The number of nitrogens with zero attached hydrogens (tertiary/aromatic N) is 2. The second kappa shape index (κ2) is 5.74. The summed E-state index contributed by atoms with van der Waals surface area (Å²) in [5.41, 5.74) is 1.25. The molecule has 0 fully saturated rings. The second-order valence-corrected chi connectivity index (χ2v) is 2.79. The predicted molar refractivity (Wildman–Crippen MR) is 52.8 cm³/mol. The Kier molecular flexibility index (Phi) is 4.28. The van der Waals surface area contributed by atoms with E-state index < -0.39 is 5.97 Å². The van der Waals surface area contributed by atoms with Crippen LogP contribution in [0.1, 0.15) is 5.56 Å². The normalized spacial score (nSPS) is 10.9. The Hall–Kier alpha value is -1.91.